The number of aliphatic hydroxyl groups is 1. The van der Waals surface area contributed by atoms with Crippen LogP contribution < -0.4 is 5.73 Å². The number of nitriles is 1. The zero-order valence-electron chi connectivity index (χ0n) is 7.32. The molecular weight excluding hydrogens is 196 g/mol. The Kier molecular flexibility index (Phi) is 2.12. The van der Waals surface area contributed by atoms with Gasteiger partial charge in [-0.15, -0.1) is 11.3 Å². The van der Waals surface area contributed by atoms with Gasteiger partial charge in [0.1, 0.15) is 6.07 Å². The molecule has 2 aromatic rings. The number of nitrogens with zero attached hydrogens (tertiary/aromatic N) is 1. The van der Waals surface area contributed by atoms with E-state index < -0.39 is 0 Å². The lowest BCUT2D eigenvalue weighted by Crippen LogP contribution is -1.90. The maximum atomic E-state index is 9.09. The van der Waals surface area contributed by atoms with E-state index in [-0.39, 0.29) is 6.61 Å². The van der Waals surface area contributed by atoms with E-state index in [2.05, 4.69) is 6.07 Å². The summed E-state index contributed by atoms with van der Waals surface area (Å²) in [6.07, 6.45) is 0. The molecule has 0 aliphatic carbocycles. The van der Waals surface area contributed by atoms with Gasteiger partial charge in [0.25, 0.3) is 0 Å². The maximum absolute atomic E-state index is 9.09. The van der Waals surface area contributed by atoms with E-state index in [4.69, 9.17) is 16.1 Å². The summed E-state index contributed by atoms with van der Waals surface area (Å²) in [5, 5.41) is 20.5. The number of benzene rings is 1. The van der Waals surface area contributed by atoms with Crippen LogP contribution in [0.3, 0.4) is 0 Å². The van der Waals surface area contributed by atoms with E-state index in [9.17, 15) is 0 Å². The molecule has 0 atom stereocenters. The van der Waals surface area contributed by atoms with Crippen LogP contribution in [0.25, 0.3) is 10.1 Å². The topological polar surface area (TPSA) is 70.0 Å². The van der Waals surface area contributed by atoms with Gasteiger partial charge in [-0.3, -0.25) is 0 Å². The normalized spacial score (nSPS) is 10.3. The van der Waals surface area contributed by atoms with E-state index in [1.165, 1.54) is 11.3 Å². The fourth-order valence-corrected chi connectivity index (χ4v) is 2.47. The molecule has 1 heterocycles. The van der Waals surface area contributed by atoms with Gasteiger partial charge in [0.15, 0.2) is 0 Å². The first kappa shape index (κ1) is 9.00. The van der Waals surface area contributed by atoms with Crippen molar-refractivity contribution in [1.29, 1.82) is 5.26 Å². The molecule has 0 amide bonds. The lowest BCUT2D eigenvalue weighted by molar-refractivity contribution is 0.283. The second kappa shape index (κ2) is 3.29. The van der Waals surface area contributed by atoms with Gasteiger partial charge >= 0.3 is 0 Å². The molecule has 0 radical (unpaired) electrons. The Morgan fingerprint density at radius 2 is 2.29 bits per heavy atom. The first-order chi connectivity index (χ1) is 6.77. The Balaban J connectivity index is 2.89. The van der Waals surface area contributed by atoms with Gasteiger partial charge < -0.3 is 10.8 Å². The number of rotatable bonds is 1. The van der Waals surface area contributed by atoms with Crippen LogP contribution in [-0.4, -0.2) is 5.11 Å². The van der Waals surface area contributed by atoms with Crippen molar-refractivity contribution in [3.63, 3.8) is 0 Å². The number of aliphatic hydroxyl groups excluding tert-OH is 1. The van der Waals surface area contributed by atoms with Crippen LogP contribution in [-0.2, 0) is 6.61 Å². The summed E-state index contributed by atoms with van der Waals surface area (Å²) < 4.78 is 0.907. The lowest BCUT2D eigenvalue weighted by atomic mass is 10.1. The fraction of sp³-hybridized carbons (Fsp3) is 0.100. The third kappa shape index (κ3) is 1.15. The Morgan fingerprint density at radius 3 is 2.93 bits per heavy atom. The van der Waals surface area contributed by atoms with Crippen LogP contribution in [0.2, 0.25) is 0 Å². The molecule has 3 N–H and O–H groups in total. The van der Waals surface area contributed by atoms with E-state index in [0.29, 0.717) is 11.3 Å². The zero-order valence-corrected chi connectivity index (χ0v) is 8.14. The molecule has 0 aliphatic heterocycles. The molecule has 0 fully saturated rings. The van der Waals surface area contributed by atoms with Crippen LogP contribution in [0.1, 0.15) is 11.1 Å². The van der Waals surface area contributed by atoms with Gasteiger partial charge in [-0.05, 0) is 11.6 Å². The molecule has 1 aromatic carbocycles. The summed E-state index contributed by atoms with van der Waals surface area (Å²) >= 11 is 1.44. The molecule has 4 heteroatoms. The van der Waals surface area contributed by atoms with Crippen molar-refractivity contribution in [2.24, 2.45) is 0 Å². The highest BCUT2D eigenvalue weighted by atomic mass is 32.1. The average Bonchev–Trinajstić information content (AvgIpc) is 2.63. The Bertz CT molecular complexity index is 525. The zero-order chi connectivity index (χ0) is 10.1. The fourth-order valence-electron chi connectivity index (χ4n) is 1.44. The smallest absolute Gasteiger partial charge is 0.101 e. The minimum absolute atomic E-state index is 0.0256. The number of fused-ring (bicyclic) bond motifs is 1. The predicted molar refractivity (Wildman–Crippen MR) is 56.9 cm³/mol. The molecule has 0 spiro atoms. The van der Waals surface area contributed by atoms with Crippen LogP contribution in [0.4, 0.5) is 5.69 Å². The van der Waals surface area contributed by atoms with Crippen molar-refractivity contribution in [3.05, 3.63) is 28.6 Å². The predicted octanol–water partition coefficient (Wildman–Crippen LogP) is 1.85. The third-order valence-corrected chi connectivity index (χ3v) is 3.18. The summed E-state index contributed by atoms with van der Waals surface area (Å²) in [6, 6.07) is 5.60. The highest BCUT2D eigenvalue weighted by molar-refractivity contribution is 7.17. The second-order valence-electron chi connectivity index (χ2n) is 2.94. The van der Waals surface area contributed by atoms with E-state index in [0.717, 1.165) is 15.6 Å². The van der Waals surface area contributed by atoms with Crippen molar-refractivity contribution in [3.8, 4) is 6.07 Å². The molecule has 0 bridgehead atoms. The standard InChI is InChI=1S/C10H8N2OS/c11-3-7-5-14-10-6(4-13)1-2-8(12)9(7)10/h1-2,5,13H,4,12H2. The number of hydrogen-bond acceptors (Lipinski definition) is 4. The van der Waals surface area contributed by atoms with Crippen molar-refractivity contribution in [2.45, 2.75) is 6.61 Å². The molecule has 14 heavy (non-hydrogen) atoms. The average molecular weight is 204 g/mol. The number of anilines is 1. The van der Waals surface area contributed by atoms with E-state index in [1.807, 2.05) is 0 Å². The summed E-state index contributed by atoms with van der Waals surface area (Å²) in [5.41, 5.74) is 7.77. The number of nitrogens with two attached hydrogens (primary N) is 1. The van der Waals surface area contributed by atoms with Crippen molar-refractivity contribution in [1.82, 2.24) is 0 Å². The van der Waals surface area contributed by atoms with E-state index in [1.54, 1.807) is 17.5 Å². The number of nitrogen functional groups attached to an aromatic ring is 1. The van der Waals surface area contributed by atoms with Crippen molar-refractivity contribution in [2.75, 3.05) is 5.73 Å². The first-order valence-electron chi connectivity index (χ1n) is 4.07. The summed E-state index contributed by atoms with van der Waals surface area (Å²) in [4.78, 5) is 0. The van der Waals surface area contributed by atoms with Crippen LogP contribution >= 0.6 is 11.3 Å². The maximum Gasteiger partial charge on any atom is 0.101 e. The minimum Gasteiger partial charge on any atom is -0.398 e. The Hall–Kier alpha value is -1.57. The molecule has 0 saturated heterocycles. The largest absolute Gasteiger partial charge is 0.398 e. The van der Waals surface area contributed by atoms with Crippen LogP contribution in [0.15, 0.2) is 17.5 Å². The third-order valence-electron chi connectivity index (χ3n) is 2.13. The highest BCUT2D eigenvalue weighted by Gasteiger charge is 2.09. The molecule has 0 saturated carbocycles. The minimum atomic E-state index is -0.0256. The van der Waals surface area contributed by atoms with Gasteiger partial charge in [-0.1, -0.05) is 6.07 Å². The van der Waals surface area contributed by atoms with E-state index >= 15 is 0 Å². The lowest BCUT2D eigenvalue weighted by Gasteiger charge is -2.01. The molecule has 2 rings (SSSR count). The van der Waals surface area contributed by atoms with Crippen LogP contribution in [0.5, 0.6) is 0 Å². The van der Waals surface area contributed by atoms with Gasteiger partial charge in [0.05, 0.1) is 12.2 Å². The highest BCUT2D eigenvalue weighted by Crippen LogP contribution is 2.33. The number of hydrogen-bond donors (Lipinski definition) is 2. The van der Waals surface area contributed by atoms with Gasteiger partial charge in [-0.25, -0.2) is 0 Å². The Labute approximate surface area is 85.0 Å². The number of thiophene rings is 1. The van der Waals surface area contributed by atoms with Gasteiger partial charge in [0, 0.05) is 21.2 Å². The van der Waals surface area contributed by atoms with Gasteiger partial charge in [0.2, 0.25) is 0 Å². The Morgan fingerprint density at radius 1 is 1.50 bits per heavy atom. The summed E-state index contributed by atoms with van der Waals surface area (Å²) in [6.45, 7) is -0.0256. The van der Waals surface area contributed by atoms with Crippen molar-refractivity contribution < 1.29 is 5.11 Å². The first-order valence-corrected chi connectivity index (χ1v) is 4.95. The summed E-state index contributed by atoms with van der Waals surface area (Å²) in [7, 11) is 0. The van der Waals surface area contributed by atoms with Gasteiger partial charge in [-0.2, -0.15) is 5.26 Å². The quantitative estimate of drug-likeness (QED) is 0.696. The molecule has 0 aliphatic rings. The SMILES string of the molecule is N#Cc1csc2c(CO)ccc(N)c12. The molecule has 1 aromatic heterocycles. The molecular formula is C10H8N2OS. The molecule has 0 unspecified atom stereocenters. The molecule has 3 nitrogen and oxygen atoms in total. The molecule has 70 valence electrons. The second-order valence-corrected chi connectivity index (χ2v) is 3.82. The van der Waals surface area contributed by atoms with Crippen molar-refractivity contribution >= 4 is 27.1 Å². The van der Waals surface area contributed by atoms with Crippen LogP contribution in [0, 0.1) is 11.3 Å². The monoisotopic (exact) mass is 204 g/mol. The summed E-state index contributed by atoms with van der Waals surface area (Å²) in [5.74, 6) is 0.